The number of aliphatic hydroxyl groups is 1. The lowest BCUT2D eigenvalue weighted by atomic mass is 9.72. The summed E-state index contributed by atoms with van der Waals surface area (Å²) in [4.78, 5) is 28.3. The third kappa shape index (κ3) is 4.90. The van der Waals surface area contributed by atoms with Gasteiger partial charge in [0.25, 0.3) is 0 Å². The van der Waals surface area contributed by atoms with E-state index in [0.717, 1.165) is 18.4 Å². The average Bonchev–Trinajstić information content (AvgIpc) is 2.70. The van der Waals surface area contributed by atoms with Gasteiger partial charge in [0.15, 0.2) is 0 Å². The molecule has 2 atom stereocenters. The second-order valence-electron chi connectivity index (χ2n) is 8.55. The highest BCUT2D eigenvalue weighted by Gasteiger charge is 2.50. The molecule has 0 spiro atoms. The third-order valence-corrected chi connectivity index (χ3v) is 6.18. The molecule has 7 nitrogen and oxygen atoms in total. The van der Waals surface area contributed by atoms with Crippen LogP contribution in [0.5, 0.6) is 0 Å². The van der Waals surface area contributed by atoms with Crippen LogP contribution < -0.4 is 0 Å². The molecule has 0 radical (unpaired) electrons. The Morgan fingerprint density at radius 3 is 2.38 bits per heavy atom. The number of aliphatic carboxylic acids is 1. The number of rotatable bonds is 5. The van der Waals surface area contributed by atoms with Crippen LogP contribution in [0.4, 0.5) is 4.79 Å². The minimum atomic E-state index is -1.21. The average molecular weight is 405 g/mol. The van der Waals surface area contributed by atoms with Crippen LogP contribution in [0.15, 0.2) is 30.3 Å². The van der Waals surface area contributed by atoms with Gasteiger partial charge in [-0.05, 0) is 45.1 Å². The van der Waals surface area contributed by atoms with E-state index in [2.05, 4.69) is 4.90 Å². The van der Waals surface area contributed by atoms with E-state index in [4.69, 9.17) is 4.74 Å². The van der Waals surface area contributed by atoms with Crippen LogP contribution >= 0.6 is 0 Å². The normalized spacial score (nSPS) is 26.5. The van der Waals surface area contributed by atoms with Crippen LogP contribution in [0.1, 0.15) is 38.7 Å². The first kappa shape index (κ1) is 21.6. The summed E-state index contributed by atoms with van der Waals surface area (Å²) in [5.41, 5.74) is -0.296. The summed E-state index contributed by atoms with van der Waals surface area (Å²) in [7, 11) is 0. The van der Waals surface area contributed by atoms with Crippen LogP contribution in [0.3, 0.4) is 0 Å². The Labute approximate surface area is 172 Å². The molecule has 2 aliphatic heterocycles. The van der Waals surface area contributed by atoms with Gasteiger partial charge in [-0.15, -0.1) is 0 Å². The number of likely N-dealkylation sites (tertiary alicyclic amines) is 2. The number of carbonyl (C=O) groups is 2. The maximum absolute atomic E-state index is 12.3. The van der Waals surface area contributed by atoms with Crippen LogP contribution in [0, 0.1) is 5.41 Å². The second kappa shape index (κ2) is 9.13. The molecule has 2 heterocycles. The molecule has 2 saturated heterocycles. The zero-order valence-electron chi connectivity index (χ0n) is 17.3. The summed E-state index contributed by atoms with van der Waals surface area (Å²) in [5, 5.41) is 20.8. The van der Waals surface area contributed by atoms with Crippen molar-refractivity contribution in [3.63, 3.8) is 0 Å². The summed E-state index contributed by atoms with van der Waals surface area (Å²) < 4.78 is 5.28. The van der Waals surface area contributed by atoms with E-state index < -0.39 is 17.5 Å². The van der Waals surface area contributed by atoms with Crippen molar-refractivity contribution in [2.45, 2.75) is 57.8 Å². The summed E-state index contributed by atoms with van der Waals surface area (Å²) in [6, 6.07) is 9.72. The number of amides is 1. The lowest BCUT2D eigenvalue weighted by Gasteiger charge is -2.48. The molecule has 1 aromatic carbocycles. The van der Waals surface area contributed by atoms with Gasteiger partial charge in [0, 0.05) is 32.2 Å². The summed E-state index contributed by atoms with van der Waals surface area (Å²) in [6.07, 6.45) is 1.01. The number of ether oxygens (including phenoxy) is 1. The van der Waals surface area contributed by atoms with E-state index in [0.29, 0.717) is 39.0 Å². The molecule has 1 aromatic rings. The quantitative estimate of drug-likeness (QED) is 0.783. The molecule has 3 rings (SSSR count). The van der Waals surface area contributed by atoms with Gasteiger partial charge in [0.1, 0.15) is 5.41 Å². The Kier molecular flexibility index (Phi) is 6.80. The molecule has 0 saturated carbocycles. The van der Waals surface area contributed by atoms with Crippen LogP contribution in [0.25, 0.3) is 0 Å². The minimum Gasteiger partial charge on any atom is -0.481 e. The first-order valence-corrected chi connectivity index (χ1v) is 10.5. The van der Waals surface area contributed by atoms with Crippen molar-refractivity contribution < 1.29 is 24.5 Å². The van der Waals surface area contributed by atoms with E-state index in [1.165, 1.54) is 0 Å². The third-order valence-electron chi connectivity index (χ3n) is 6.18. The van der Waals surface area contributed by atoms with Crippen molar-refractivity contribution in [1.29, 1.82) is 0 Å². The van der Waals surface area contributed by atoms with Crippen molar-refractivity contribution in [3.8, 4) is 0 Å². The molecule has 0 unspecified atom stereocenters. The second-order valence-corrected chi connectivity index (χ2v) is 8.55. The molecule has 160 valence electrons. The molecule has 29 heavy (non-hydrogen) atoms. The number of piperidine rings is 2. The number of hydrogen-bond acceptors (Lipinski definition) is 5. The molecular weight excluding hydrogens is 372 g/mol. The maximum Gasteiger partial charge on any atom is 0.410 e. The highest BCUT2D eigenvalue weighted by atomic mass is 16.6. The molecule has 2 aliphatic rings. The van der Waals surface area contributed by atoms with E-state index >= 15 is 0 Å². The van der Waals surface area contributed by atoms with Crippen LogP contribution in [-0.2, 0) is 16.0 Å². The van der Waals surface area contributed by atoms with Gasteiger partial charge in [0.05, 0.1) is 12.2 Å². The summed E-state index contributed by atoms with van der Waals surface area (Å²) in [6.45, 7) is 5.87. The summed E-state index contributed by atoms with van der Waals surface area (Å²) in [5.74, 6) is -0.948. The number of aliphatic hydroxyl groups excluding tert-OH is 1. The first-order chi connectivity index (χ1) is 13.8. The van der Waals surface area contributed by atoms with Gasteiger partial charge in [-0.2, -0.15) is 0 Å². The van der Waals surface area contributed by atoms with Gasteiger partial charge >= 0.3 is 12.1 Å². The van der Waals surface area contributed by atoms with Crippen molar-refractivity contribution in [2.24, 2.45) is 5.41 Å². The van der Waals surface area contributed by atoms with E-state index in [1.807, 2.05) is 44.2 Å². The highest BCUT2D eigenvalue weighted by molar-refractivity contribution is 5.76. The first-order valence-electron chi connectivity index (χ1n) is 10.5. The van der Waals surface area contributed by atoms with E-state index in [-0.39, 0.29) is 18.2 Å². The van der Waals surface area contributed by atoms with Crippen LogP contribution in [-0.4, -0.2) is 76.5 Å². The number of carbonyl (C=O) groups excluding carboxylic acids is 1. The highest BCUT2D eigenvalue weighted by Crippen LogP contribution is 2.36. The Morgan fingerprint density at radius 1 is 1.14 bits per heavy atom. The molecule has 0 aliphatic carbocycles. The molecule has 7 heteroatoms. The molecule has 1 amide bonds. The molecule has 2 N–H and O–H groups in total. The maximum atomic E-state index is 12.3. The zero-order valence-corrected chi connectivity index (χ0v) is 17.3. The topological polar surface area (TPSA) is 90.3 Å². The van der Waals surface area contributed by atoms with Crippen LogP contribution in [0.2, 0.25) is 0 Å². The van der Waals surface area contributed by atoms with Gasteiger partial charge in [-0.25, -0.2) is 4.79 Å². The molecule has 2 fully saturated rings. The predicted octanol–water partition coefficient (Wildman–Crippen LogP) is 2.38. The van der Waals surface area contributed by atoms with E-state index in [9.17, 15) is 19.8 Å². The van der Waals surface area contributed by atoms with Crippen molar-refractivity contribution in [1.82, 2.24) is 9.80 Å². The molecule has 0 aromatic heterocycles. The number of carboxylic acid groups (broad SMARTS) is 1. The predicted molar refractivity (Wildman–Crippen MR) is 109 cm³/mol. The Balaban J connectivity index is 1.67. The minimum absolute atomic E-state index is 0.141. The lowest BCUT2D eigenvalue weighted by molar-refractivity contribution is -0.165. The molecular formula is C22H32N2O5. The lowest BCUT2D eigenvalue weighted by Crippen LogP contribution is -2.60. The smallest absolute Gasteiger partial charge is 0.410 e. The van der Waals surface area contributed by atoms with E-state index in [1.54, 1.807) is 4.90 Å². The molecule has 0 bridgehead atoms. The zero-order chi connectivity index (χ0) is 21.0. The number of nitrogens with zero attached hydrogens (tertiary/aromatic N) is 2. The Hall–Kier alpha value is -2.12. The number of carboxylic acids is 1. The number of hydrogen-bond donors (Lipinski definition) is 2. The monoisotopic (exact) mass is 404 g/mol. The van der Waals surface area contributed by atoms with Gasteiger partial charge in [-0.1, -0.05) is 30.3 Å². The SMILES string of the molecule is CC(C)OC(=O)N1CCC(N2CC[C@H](O)[C@](Cc3ccccc3)(C(=O)O)C2)CC1. The Morgan fingerprint density at radius 2 is 1.79 bits per heavy atom. The fraction of sp³-hybridized carbons (Fsp3) is 0.636. The fourth-order valence-electron chi connectivity index (χ4n) is 4.53. The largest absolute Gasteiger partial charge is 0.481 e. The van der Waals surface area contributed by atoms with Crippen molar-refractivity contribution in [2.75, 3.05) is 26.2 Å². The van der Waals surface area contributed by atoms with Gasteiger partial charge in [0.2, 0.25) is 0 Å². The number of benzene rings is 1. The fourth-order valence-corrected chi connectivity index (χ4v) is 4.53. The summed E-state index contributed by atoms with van der Waals surface area (Å²) >= 11 is 0. The Bertz CT molecular complexity index is 702. The van der Waals surface area contributed by atoms with Gasteiger partial charge in [-0.3, -0.25) is 9.69 Å². The van der Waals surface area contributed by atoms with Gasteiger partial charge < -0.3 is 19.8 Å². The van der Waals surface area contributed by atoms with Crippen molar-refractivity contribution >= 4 is 12.1 Å². The van der Waals surface area contributed by atoms with Crippen molar-refractivity contribution in [3.05, 3.63) is 35.9 Å². The standard InChI is InChI=1S/C22H32N2O5/c1-16(2)29-21(28)23-11-8-18(9-12-23)24-13-10-19(25)22(15-24,20(26)27)14-17-6-4-3-5-7-17/h3-7,16,18-19,25H,8-15H2,1-2H3,(H,26,27)/t19-,22+/m0/s1.